The number of para-hydroxylation sites is 1. The maximum Gasteiger partial charge on any atom is 0.122 e. The van der Waals surface area contributed by atoms with E-state index in [4.69, 9.17) is 9.47 Å². The van der Waals surface area contributed by atoms with E-state index < -0.39 is 0 Å². The minimum Gasteiger partial charge on any atom is -0.496 e. The number of benzene rings is 1. The zero-order valence-corrected chi connectivity index (χ0v) is 12.3. The van der Waals surface area contributed by atoms with Gasteiger partial charge in [0.15, 0.2) is 0 Å². The van der Waals surface area contributed by atoms with Gasteiger partial charge in [-0.2, -0.15) is 0 Å². The second kappa shape index (κ2) is 6.59. The van der Waals surface area contributed by atoms with Gasteiger partial charge in [-0.1, -0.05) is 18.2 Å². The molecule has 0 radical (unpaired) electrons. The van der Waals surface area contributed by atoms with Crippen molar-refractivity contribution in [3.05, 3.63) is 29.8 Å². The summed E-state index contributed by atoms with van der Waals surface area (Å²) in [4.78, 5) is 0. The molecule has 0 aromatic heterocycles. The summed E-state index contributed by atoms with van der Waals surface area (Å²) in [5.74, 6) is 1.68. The Morgan fingerprint density at radius 1 is 1.25 bits per heavy atom. The standard InChI is InChI=1S/C17H25NO2/c1-19-17-8-3-2-7-16(17)13-10-14(11-13)18-12-15-6-4-5-9-20-15/h2-3,7-8,13-15,18H,4-6,9-12H2,1H3. The number of rotatable bonds is 5. The Hall–Kier alpha value is -1.06. The number of ether oxygens (including phenoxy) is 2. The first-order valence-electron chi connectivity index (χ1n) is 7.84. The lowest BCUT2D eigenvalue weighted by Crippen LogP contribution is -2.44. The maximum atomic E-state index is 5.76. The molecule has 110 valence electrons. The largest absolute Gasteiger partial charge is 0.496 e. The van der Waals surface area contributed by atoms with Gasteiger partial charge in [-0.05, 0) is 49.7 Å². The summed E-state index contributed by atoms with van der Waals surface area (Å²) in [6.45, 7) is 1.96. The van der Waals surface area contributed by atoms with Gasteiger partial charge >= 0.3 is 0 Å². The predicted octanol–water partition coefficient (Wildman–Crippen LogP) is 3.10. The highest BCUT2D eigenvalue weighted by atomic mass is 16.5. The summed E-state index contributed by atoms with van der Waals surface area (Å²) in [5, 5.41) is 3.66. The normalized spacial score (nSPS) is 29.8. The first-order chi connectivity index (χ1) is 9.86. The van der Waals surface area contributed by atoms with Crippen LogP contribution in [0.1, 0.15) is 43.6 Å². The van der Waals surface area contributed by atoms with E-state index in [9.17, 15) is 0 Å². The summed E-state index contributed by atoms with van der Waals surface area (Å²) in [6.07, 6.45) is 6.64. The molecular weight excluding hydrogens is 250 g/mol. The van der Waals surface area contributed by atoms with Gasteiger partial charge in [-0.25, -0.2) is 0 Å². The molecule has 1 saturated carbocycles. The van der Waals surface area contributed by atoms with E-state index >= 15 is 0 Å². The summed E-state index contributed by atoms with van der Waals surface area (Å²) in [6, 6.07) is 9.05. The van der Waals surface area contributed by atoms with Gasteiger partial charge in [0, 0.05) is 19.2 Å². The summed E-state index contributed by atoms with van der Waals surface area (Å²) in [5.41, 5.74) is 1.36. The lowest BCUT2D eigenvalue weighted by atomic mass is 9.75. The first-order valence-corrected chi connectivity index (χ1v) is 7.84. The van der Waals surface area contributed by atoms with Crippen LogP contribution in [0.25, 0.3) is 0 Å². The molecule has 0 spiro atoms. The Balaban J connectivity index is 1.44. The van der Waals surface area contributed by atoms with Crippen LogP contribution in [0.3, 0.4) is 0 Å². The molecule has 1 aromatic carbocycles. The average Bonchev–Trinajstić information content (AvgIpc) is 2.47. The first kappa shape index (κ1) is 13.9. The monoisotopic (exact) mass is 275 g/mol. The molecule has 1 heterocycles. The molecule has 0 amide bonds. The Morgan fingerprint density at radius 2 is 2.10 bits per heavy atom. The second-order valence-corrected chi connectivity index (χ2v) is 6.00. The SMILES string of the molecule is COc1ccccc1C1CC(NCC2CCCCO2)C1. The molecule has 3 heteroatoms. The quantitative estimate of drug-likeness (QED) is 0.895. The number of methoxy groups -OCH3 is 1. The fourth-order valence-corrected chi connectivity index (χ4v) is 3.31. The van der Waals surface area contributed by atoms with Crippen molar-refractivity contribution in [1.29, 1.82) is 0 Å². The van der Waals surface area contributed by atoms with E-state index in [-0.39, 0.29) is 0 Å². The third-order valence-electron chi connectivity index (χ3n) is 4.63. The van der Waals surface area contributed by atoms with Gasteiger partial charge in [0.1, 0.15) is 5.75 Å². The van der Waals surface area contributed by atoms with Crippen molar-refractivity contribution in [2.45, 2.75) is 50.2 Å². The van der Waals surface area contributed by atoms with Gasteiger partial charge in [0.05, 0.1) is 13.2 Å². The van der Waals surface area contributed by atoms with E-state index in [1.54, 1.807) is 7.11 Å². The van der Waals surface area contributed by atoms with Crippen molar-refractivity contribution in [2.24, 2.45) is 0 Å². The minimum atomic E-state index is 0.439. The molecule has 1 N–H and O–H groups in total. The second-order valence-electron chi connectivity index (χ2n) is 6.00. The molecule has 1 aromatic rings. The fraction of sp³-hybridized carbons (Fsp3) is 0.647. The average molecular weight is 275 g/mol. The van der Waals surface area contributed by atoms with Crippen molar-refractivity contribution in [3.63, 3.8) is 0 Å². The van der Waals surface area contributed by atoms with E-state index in [2.05, 4.69) is 23.5 Å². The van der Waals surface area contributed by atoms with Gasteiger partial charge in [-0.3, -0.25) is 0 Å². The van der Waals surface area contributed by atoms with E-state index in [1.807, 2.05) is 6.07 Å². The fourth-order valence-electron chi connectivity index (χ4n) is 3.31. The molecule has 0 bridgehead atoms. The van der Waals surface area contributed by atoms with E-state index in [0.29, 0.717) is 18.1 Å². The highest BCUT2D eigenvalue weighted by Crippen LogP contribution is 2.40. The molecule has 1 unspecified atom stereocenters. The van der Waals surface area contributed by atoms with Gasteiger partial charge < -0.3 is 14.8 Å². The predicted molar refractivity (Wildman–Crippen MR) is 80.4 cm³/mol. The summed E-state index contributed by atoms with van der Waals surface area (Å²) in [7, 11) is 1.76. The van der Waals surface area contributed by atoms with Crippen molar-refractivity contribution in [3.8, 4) is 5.75 Å². The summed E-state index contributed by atoms with van der Waals surface area (Å²) >= 11 is 0. The van der Waals surface area contributed by atoms with Gasteiger partial charge in [0.25, 0.3) is 0 Å². The van der Waals surface area contributed by atoms with Crippen molar-refractivity contribution < 1.29 is 9.47 Å². The third-order valence-corrected chi connectivity index (χ3v) is 4.63. The molecule has 3 nitrogen and oxygen atoms in total. The zero-order valence-electron chi connectivity index (χ0n) is 12.3. The zero-order chi connectivity index (χ0) is 13.8. The number of hydrogen-bond acceptors (Lipinski definition) is 3. The summed E-state index contributed by atoms with van der Waals surface area (Å²) < 4.78 is 11.2. The molecule has 1 saturated heterocycles. The molecule has 1 atom stereocenters. The highest BCUT2D eigenvalue weighted by molar-refractivity contribution is 5.37. The molecule has 2 aliphatic rings. The van der Waals surface area contributed by atoms with Crippen LogP contribution in [0.2, 0.25) is 0 Å². The third kappa shape index (κ3) is 3.15. The topological polar surface area (TPSA) is 30.5 Å². The van der Waals surface area contributed by atoms with Crippen LogP contribution < -0.4 is 10.1 Å². The smallest absolute Gasteiger partial charge is 0.122 e. The van der Waals surface area contributed by atoms with Crippen LogP contribution in [0.15, 0.2) is 24.3 Å². The van der Waals surface area contributed by atoms with Crippen LogP contribution in [0, 0.1) is 0 Å². The molecule has 20 heavy (non-hydrogen) atoms. The Kier molecular flexibility index (Phi) is 4.58. The Bertz CT molecular complexity index is 423. The lowest BCUT2D eigenvalue weighted by molar-refractivity contribution is 0.0132. The molecule has 2 fully saturated rings. The Labute approximate surface area is 121 Å². The lowest BCUT2D eigenvalue weighted by Gasteiger charge is -2.38. The van der Waals surface area contributed by atoms with Crippen LogP contribution in [-0.2, 0) is 4.74 Å². The number of hydrogen-bond donors (Lipinski definition) is 1. The van der Waals surface area contributed by atoms with Crippen LogP contribution in [0.5, 0.6) is 5.75 Å². The minimum absolute atomic E-state index is 0.439. The Morgan fingerprint density at radius 3 is 2.85 bits per heavy atom. The van der Waals surface area contributed by atoms with E-state index in [0.717, 1.165) is 18.9 Å². The maximum absolute atomic E-state index is 5.76. The van der Waals surface area contributed by atoms with Crippen molar-refractivity contribution in [2.75, 3.05) is 20.3 Å². The molecule has 1 aliphatic heterocycles. The number of nitrogens with one attached hydrogen (secondary N) is 1. The molecule has 1 aliphatic carbocycles. The van der Waals surface area contributed by atoms with Crippen molar-refractivity contribution >= 4 is 0 Å². The highest BCUT2D eigenvalue weighted by Gasteiger charge is 2.32. The van der Waals surface area contributed by atoms with Crippen molar-refractivity contribution in [1.82, 2.24) is 5.32 Å². The van der Waals surface area contributed by atoms with Gasteiger partial charge in [0.2, 0.25) is 0 Å². The van der Waals surface area contributed by atoms with Crippen LogP contribution in [0.4, 0.5) is 0 Å². The van der Waals surface area contributed by atoms with Gasteiger partial charge in [-0.15, -0.1) is 0 Å². The van der Waals surface area contributed by atoms with Crippen LogP contribution in [-0.4, -0.2) is 32.4 Å². The van der Waals surface area contributed by atoms with E-state index in [1.165, 1.54) is 37.7 Å². The molecular formula is C17H25NO2. The van der Waals surface area contributed by atoms with Crippen LogP contribution >= 0.6 is 0 Å². The molecule has 3 rings (SSSR count).